The van der Waals surface area contributed by atoms with Gasteiger partial charge in [-0.15, -0.1) is 0 Å². The van der Waals surface area contributed by atoms with Crippen LogP contribution in [0.15, 0.2) is 4.99 Å². The van der Waals surface area contributed by atoms with E-state index in [0.717, 1.165) is 77.8 Å². The highest BCUT2D eigenvalue weighted by Gasteiger charge is 2.14. The van der Waals surface area contributed by atoms with Gasteiger partial charge >= 0.3 is 0 Å². The van der Waals surface area contributed by atoms with Gasteiger partial charge in [-0.25, -0.2) is 0 Å². The molecule has 0 aromatic heterocycles. The third-order valence-electron chi connectivity index (χ3n) is 4.15. The Morgan fingerprint density at radius 1 is 1.22 bits per heavy atom. The summed E-state index contributed by atoms with van der Waals surface area (Å²) in [5.74, 6) is 0.878. The van der Waals surface area contributed by atoms with Crippen molar-refractivity contribution < 1.29 is 9.47 Å². The first-order chi connectivity index (χ1) is 11.3. The summed E-state index contributed by atoms with van der Waals surface area (Å²) in [6.45, 7) is 12.0. The van der Waals surface area contributed by atoms with Gasteiger partial charge in [0, 0.05) is 33.4 Å². The lowest BCUT2D eigenvalue weighted by Gasteiger charge is -2.18. The second kappa shape index (κ2) is 13.6. The largest absolute Gasteiger partial charge is 0.379 e. The van der Waals surface area contributed by atoms with Gasteiger partial charge in [-0.05, 0) is 45.3 Å². The zero-order valence-corrected chi connectivity index (χ0v) is 15.3. The van der Waals surface area contributed by atoms with E-state index in [9.17, 15) is 0 Å². The lowest BCUT2D eigenvalue weighted by Crippen LogP contribution is -2.39. The Kier molecular flexibility index (Phi) is 11.9. The fourth-order valence-electron chi connectivity index (χ4n) is 2.64. The summed E-state index contributed by atoms with van der Waals surface area (Å²) >= 11 is 0. The Morgan fingerprint density at radius 2 is 1.96 bits per heavy atom. The predicted octanol–water partition coefficient (Wildman–Crippen LogP) is 1.47. The SMILES string of the molecule is CCN(CC)CCCNC(=NC)NCCCOCC1CCCO1. The van der Waals surface area contributed by atoms with Gasteiger partial charge in [-0.2, -0.15) is 0 Å². The Morgan fingerprint density at radius 3 is 2.57 bits per heavy atom. The molecule has 1 aliphatic rings. The molecule has 23 heavy (non-hydrogen) atoms. The summed E-state index contributed by atoms with van der Waals surface area (Å²) in [7, 11) is 1.81. The number of ether oxygens (including phenoxy) is 2. The van der Waals surface area contributed by atoms with Crippen LogP contribution in [0.2, 0.25) is 0 Å². The van der Waals surface area contributed by atoms with Gasteiger partial charge in [0.1, 0.15) is 0 Å². The topological polar surface area (TPSA) is 58.1 Å². The molecule has 0 spiro atoms. The summed E-state index contributed by atoms with van der Waals surface area (Å²) in [4.78, 5) is 6.68. The van der Waals surface area contributed by atoms with Crippen molar-refractivity contribution in [1.29, 1.82) is 0 Å². The summed E-state index contributed by atoms with van der Waals surface area (Å²) in [6.07, 6.45) is 4.75. The molecule has 0 saturated carbocycles. The summed E-state index contributed by atoms with van der Waals surface area (Å²) in [5.41, 5.74) is 0. The molecule has 0 aromatic rings. The molecule has 136 valence electrons. The summed E-state index contributed by atoms with van der Waals surface area (Å²) in [5, 5.41) is 6.69. The van der Waals surface area contributed by atoms with Crippen molar-refractivity contribution in [2.75, 3.05) is 59.6 Å². The molecule has 0 aromatic carbocycles. The monoisotopic (exact) mass is 328 g/mol. The van der Waals surface area contributed by atoms with Crippen LogP contribution in [0.5, 0.6) is 0 Å². The molecule has 1 aliphatic heterocycles. The van der Waals surface area contributed by atoms with Crippen LogP contribution < -0.4 is 10.6 Å². The maximum absolute atomic E-state index is 5.65. The normalized spacial score (nSPS) is 18.6. The van der Waals surface area contributed by atoms with E-state index in [4.69, 9.17) is 9.47 Å². The van der Waals surface area contributed by atoms with E-state index < -0.39 is 0 Å². The number of aliphatic imine (C=N–C) groups is 1. The van der Waals surface area contributed by atoms with Gasteiger partial charge < -0.3 is 25.0 Å². The molecule has 1 rings (SSSR count). The lowest BCUT2D eigenvalue weighted by atomic mass is 10.2. The maximum Gasteiger partial charge on any atom is 0.190 e. The standard InChI is InChI=1S/C17H36N4O2/c1-4-21(5-2)12-7-10-19-17(18-3)20-11-8-13-22-15-16-9-6-14-23-16/h16H,4-15H2,1-3H3,(H2,18,19,20). The highest BCUT2D eigenvalue weighted by molar-refractivity contribution is 5.79. The average Bonchev–Trinajstić information content (AvgIpc) is 3.09. The van der Waals surface area contributed by atoms with Crippen LogP contribution in [0.1, 0.15) is 39.5 Å². The van der Waals surface area contributed by atoms with E-state index in [0.29, 0.717) is 6.10 Å². The molecule has 1 fully saturated rings. The molecule has 1 atom stereocenters. The van der Waals surface area contributed by atoms with Crippen molar-refractivity contribution in [3.8, 4) is 0 Å². The van der Waals surface area contributed by atoms with Gasteiger partial charge in [-0.3, -0.25) is 4.99 Å². The van der Waals surface area contributed by atoms with E-state index in [-0.39, 0.29) is 0 Å². The van der Waals surface area contributed by atoms with Crippen molar-refractivity contribution >= 4 is 5.96 Å². The molecule has 1 saturated heterocycles. The number of hydrogen-bond acceptors (Lipinski definition) is 4. The minimum absolute atomic E-state index is 0.322. The third-order valence-corrected chi connectivity index (χ3v) is 4.15. The number of rotatable bonds is 12. The van der Waals surface area contributed by atoms with Gasteiger partial charge in [-0.1, -0.05) is 13.8 Å². The third kappa shape index (κ3) is 9.79. The number of nitrogens with zero attached hydrogens (tertiary/aromatic N) is 2. The van der Waals surface area contributed by atoms with Crippen LogP contribution in [-0.4, -0.2) is 76.6 Å². The van der Waals surface area contributed by atoms with Crippen molar-refractivity contribution in [1.82, 2.24) is 15.5 Å². The minimum Gasteiger partial charge on any atom is -0.379 e. The molecule has 0 aliphatic carbocycles. The van der Waals surface area contributed by atoms with E-state index in [1.807, 2.05) is 7.05 Å². The minimum atomic E-state index is 0.322. The lowest BCUT2D eigenvalue weighted by molar-refractivity contribution is 0.0168. The van der Waals surface area contributed by atoms with Crippen LogP contribution >= 0.6 is 0 Å². The van der Waals surface area contributed by atoms with Crippen LogP contribution in [0.25, 0.3) is 0 Å². The second-order valence-corrected chi connectivity index (χ2v) is 5.87. The fourth-order valence-corrected chi connectivity index (χ4v) is 2.64. The first-order valence-corrected chi connectivity index (χ1v) is 9.16. The average molecular weight is 329 g/mol. The Balaban J connectivity index is 1.94. The van der Waals surface area contributed by atoms with Gasteiger partial charge in [0.2, 0.25) is 0 Å². The Labute approximate surface area is 142 Å². The molecule has 0 amide bonds. The molecule has 6 heteroatoms. The van der Waals surface area contributed by atoms with E-state index in [2.05, 4.69) is 34.4 Å². The van der Waals surface area contributed by atoms with E-state index in [1.54, 1.807) is 0 Å². The maximum atomic E-state index is 5.65. The zero-order chi connectivity index (χ0) is 16.8. The van der Waals surface area contributed by atoms with Gasteiger partial charge in [0.25, 0.3) is 0 Å². The quantitative estimate of drug-likeness (QED) is 0.323. The summed E-state index contributed by atoms with van der Waals surface area (Å²) in [6, 6.07) is 0. The van der Waals surface area contributed by atoms with Gasteiger partial charge in [0.05, 0.1) is 12.7 Å². The molecular formula is C17H36N4O2. The van der Waals surface area contributed by atoms with Crippen molar-refractivity contribution in [3.05, 3.63) is 0 Å². The molecule has 0 bridgehead atoms. The molecular weight excluding hydrogens is 292 g/mol. The van der Waals surface area contributed by atoms with Crippen LogP contribution in [0.4, 0.5) is 0 Å². The Hall–Kier alpha value is -0.850. The molecule has 1 heterocycles. The first kappa shape index (κ1) is 20.2. The van der Waals surface area contributed by atoms with Crippen LogP contribution in [0, 0.1) is 0 Å². The second-order valence-electron chi connectivity index (χ2n) is 5.87. The summed E-state index contributed by atoms with van der Waals surface area (Å²) < 4.78 is 11.2. The first-order valence-electron chi connectivity index (χ1n) is 9.16. The van der Waals surface area contributed by atoms with E-state index >= 15 is 0 Å². The number of guanidine groups is 1. The Bertz CT molecular complexity index is 303. The zero-order valence-electron chi connectivity index (χ0n) is 15.3. The van der Waals surface area contributed by atoms with Crippen LogP contribution in [0.3, 0.4) is 0 Å². The van der Waals surface area contributed by atoms with E-state index in [1.165, 1.54) is 6.42 Å². The van der Waals surface area contributed by atoms with Crippen molar-refractivity contribution in [2.45, 2.75) is 45.6 Å². The number of nitrogens with one attached hydrogen (secondary N) is 2. The van der Waals surface area contributed by atoms with Crippen LogP contribution in [-0.2, 0) is 9.47 Å². The molecule has 1 unspecified atom stereocenters. The highest BCUT2D eigenvalue weighted by Crippen LogP contribution is 2.11. The molecule has 0 radical (unpaired) electrons. The van der Waals surface area contributed by atoms with Crippen molar-refractivity contribution in [2.24, 2.45) is 4.99 Å². The molecule has 2 N–H and O–H groups in total. The highest BCUT2D eigenvalue weighted by atomic mass is 16.5. The molecule has 6 nitrogen and oxygen atoms in total. The number of hydrogen-bond donors (Lipinski definition) is 2. The van der Waals surface area contributed by atoms with Gasteiger partial charge in [0.15, 0.2) is 5.96 Å². The fraction of sp³-hybridized carbons (Fsp3) is 0.941. The van der Waals surface area contributed by atoms with Crippen molar-refractivity contribution in [3.63, 3.8) is 0 Å². The smallest absolute Gasteiger partial charge is 0.190 e. The predicted molar refractivity (Wildman–Crippen MR) is 96.2 cm³/mol.